The molecule has 1 amide bonds. The van der Waals surface area contributed by atoms with Crippen LogP contribution in [-0.4, -0.2) is 37.4 Å². The quantitative estimate of drug-likeness (QED) is 0.190. The van der Waals surface area contributed by atoms with E-state index in [1.807, 2.05) is 6.92 Å². The molecule has 0 saturated carbocycles. The number of pyridine rings is 2. The van der Waals surface area contributed by atoms with Crippen molar-refractivity contribution in [3.05, 3.63) is 81.7 Å². The topological polar surface area (TPSA) is 231 Å². The van der Waals surface area contributed by atoms with Crippen molar-refractivity contribution in [3.63, 3.8) is 0 Å². The summed E-state index contributed by atoms with van der Waals surface area (Å²) in [7, 11) is -7.94. The van der Waals surface area contributed by atoms with E-state index in [2.05, 4.69) is 10.3 Å². The maximum Gasteiger partial charge on any atom is 0.267 e. The van der Waals surface area contributed by atoms with Crippen LogP contribution in [0.1, 0.15) is 30.1 Å². The summed E-state index contributed by atoms with van der Waals surface area (Å²) in [5.74, 6) is -1.43. The van der Waals surface area contributed by atoms with Gasteiger partial charge in [0.25, 0.3) is 21.5 Å². The largest absolute Gasteiger partial charge is 0.506 e. The molecule has 0 saturated heterocycles. The van der Waals surface area contributed by atoms with E-state index in [0.717, 1.165) is 6.42 Å². The van der Waals surface area contributed by atoms with E-state index in [1.54, 1.807) is 24.3 Å². The van der Waals surface area contributed by atoms with Gasteiger partial charge < -0.3 is 20.7 Å². The third kappa shape index (κ3) is 7.39. The van der Waals surface area contributed by atoms with E-state index in [9.17, 15) is 31.5 Å². The van der Waals surface area contributed by atoms with Gasteiger partial charge in [0, 0.05) is 23.2 Å². The van der Waals surface area contributed by atoms with Gasteiger partial charge in [-0.15, -0.1) is 0 Å². The second kappa shape index (κ2) is 12.7. The number of benzene rings is 2. The number of amides is 1. The molecule has 0 spiro atoms. The molecule has 0 aliphatic rings. The number of nitrogen functional groups attached to an aromatic ring is 1. The van der Waals surface area contributed by atoms with Crippen LogP contribution in [0, 0.1) is 0 Å². The Morgan fingerprint density at radius 2 is 1.73 bits per heavy atom. The highest BCUT2D eigenvalue weighted by atomic mass is 35.5. The second-order valence-corrected chi connectivity index (χ2v) is 12.1. The summed E-state index contributed by atoms with van der Waals surface area (Å²) in [4.78, 5) is 29.4. The van der Waals surface area contributed by atoms with Gasteiger partial charge in [-0.05, 0) is 48.9 Å². The molecule has 0 unspecified atom stereocenters. The molecule has 13 nitrogen and oxygen atoms in total. The molecule has 0 aliphatic heterocycles. The fraction of sp³-hybridized carbons (Fsp3) is 0.160. The minimum atomic E-state index is -4.21. The number of halogens is 1. The van der Waals surface area contributed by atoms with Gasteiger partial charge in [0.15, 0.2) is 5.03 Å². The number of anilines is 2. The number of fused-ring (bicyclic) bond motifs is 1. The van der Waals surface area contributed by atoms with E-state index in [-0.39, 0.29) is 16.3 Å². The van der Waals surface area contributed by atoms with E-state index in [0.29, 0.717) is 28.9 Å². The summed E-state index contributed by atoms with van der Waals surface area (Å²) in [6, 6.07) is 13.4. The number of hydrogen-bond donors (Lipinski definition) is 5. The number of para-hydroxylation sites is 1. The molecule has 2 heterocycles. The van der Waals surface area contributed by atoms with Crippen LogP contribution in [0.25, 0.3) is 10.9 Å². The molecule has 41 heavy (non-hydrogen) atoms. The number of aryl methyl sites for hydroxylation is 1. The number of nitrogens with zero attached hydrogens (tertiary/aromatic N) is 2. The van der Waals surface area contributed by atoms with Crippen molar-refractivity contribution < 1.29 is 26.7 Å². The third-order valence-electron chi connectivity index (χ3n) is 5.68. The summed E-state index contributed by atoms with van der Waals surface area (Å²) in [5.41, 5.74) is 4.59. The SMILES string of the molecule is CCCCn1c(=O)c(C(=O)Nc2cccnc2S(N)(=O)=O)c(O)c2ccccc21.Nc1cc(Cl)ccc1S(N)(=O)=O. The minimum absolute atomic E-state index is 0.0602. The third-order valence-corrected chi connectivity index (χ3v) is 7.76. The van der Waals surface area contributed by atoms with Crippen LogP contribution in [-0.2, 0) is 26.6 Å². The average Bonchev–Trinajstić information content (AvgIpc) is 2.88. The molecule has 4 aromatic rings. The van der Waals surface area contributed by atoms with Crippen molar-refractivity contribution >= 4 is 59.8 Å². The highest BCUT2D eigenvalue weighted by Gasteiger charge is 2.24. The fourth-order valence-electron chi connectivity index (χ4n) is 3.81. The van der Waals surface area contributed by atoms with Crippen molar-refractivity contribution in [3.8, 4) is 5.75 Å². The molecule has 0 bridgehead atoms. The molecule has 0 aliphatic carbocycles. The number of unbranched alkanes of at least 4 members (excludes halogenated alkanes) is 1. The summed E-state index contributed by atoms with van der Waals surface area (Å²) < 4.78 is 46.5. The fourth-order valence-corrected chi connectivity index (χ4v) is 5.27. The normalized spacial score (nSPS) is 11.5. The van der Waals surface area contributed by atoms with Gasteiger partial charge in [0.2, 0.25) is 10.0 Å². The van der Waals surface area contributed by atoms with Gasteiger partial charge in [0.05, 0.1) is 16.9 Å². The van der Waals surface area contributed by atoms with Crippen molar-refractivity contribution in [2.75, 3.05) is 11.1 Å². The van der Waals surface area contributed by atoms with Crippen molar-refractivity contribution in [2.45, 2.75) is 36.2 Å². The number of carbonyl (C=O) groups excluding carboxylic acids is 1. The van der Waals surface area contributed by atoms with Crippen LogP contribution in [0.15, 0.2) is 75.5 Å². The molecule has 0 atom stereocenters. The van der Waals surface area contributed by atoms with Crippen LogP contribution in [0.3, 0.4) is 0 Å². The predicted molar refractivity (Wildman–Crippen MR) is 156 cm³/mol. The van der Waals surface area contributed by atoms with Crippen LogP contribution in [0.4, 0.5) is 11.4 Å². The van der Waals surface area contributed by atoms with E-state index in [4.69, 9.17) is 27.6 Å². The Bertz CT molecular complexity index is 1890. The summed E-state index contributed by atoms with van der Waals surface area (Å²) >= 11 is 5.55. The monoisotopic (exact) mass is 622 g/mol. The number of nitrogens with two attached hydrogens (primary N) is 3. The number of carbonyl (C=O) groups is 1. The Labute approximate surface area is 240 Å². The summed E-state index contributed by atoms with van der Waals surface area (Å²) in [6.07, 6.45) is 2.74. The number of nitrogens with one attached hydrogen (secondary N) is 1. The first-order chi connectivity index (χ1) is 19.2. The Hall–Kier alpha value is -4.02. The smallest absolute Gasteiger partial charge is 0.267 e. The van der Waals surface area contributed by atoms with E-state index in [1.165, 1.54) is 41.1 Å². The van der Waals surface area contributed by atoms with Gasteiger partial charge in [-0.2, -0.15) is 0 Å². The van der Waals surface area contributed by atoms with Gasteiger partial charge in [-0.1, -0.05) is 37.1 Å². The Balaban J connectivity index is 0.000000322. The van der Waals surface area contributed by atoms with Crippen LogP contribution < -0.4 is 26.9 Å². The standard InChI is InChI=1S/C19H20N4O5S.C6H7ClN2O2S/c1-2-3-11-23-14-9-5-4-7-12(14)16(24)15(19(23)26)17(25)22-13-8-6-10-21-18(13)29(20,27)28;7-4-1-2-6(5(8)3-4)12(9,10)11/h4-10,24H,2-3,11H2,1H3,(H,22,25)(H2,20,27,28);1-3H,8H2,(H2,9,10,11). The summed E-state index contributed by atoms with van der Waals surface area (Å²) in [6.45, 7) is 2.34. The molecule has 2 aromatic heterocycles. The first-order valence-corrected chi connectivity index (χ1v) is 15.3. The number of aromatic hydroxyl groups is 1. The number of aromatic nitrogens is 2. The van der Waals surface area contributed by atoms with E-state index >= 15 is 0 Å². The molecule has 4 rings (SSSR count). The average molecular weight is 623 g/mol. The molecule has 0 fully saturated rings. The first-order valence-electron chi connectivity index (χ1n) is 11.9. The molecule has 8 N–H and O–H groups in total. The number of hydrogen-bond acceptors (Lipinski definition) is 9. The first kappa shape index (κ1) is 31.5. The molecular weight excluding hydrogens is 596 g/mol. The highest BCUT2D eigenvalue weighted by Crippen LogP contribution is 2.28. The Morgan fingerprint density at radius 3 is 2.34 bits per heavy atom. The lowest BCUT2D eigenvalue weighted by atomic mass is 10.1. The van der Waals surface area contributed by atoms with Gasteiger partial charge in [0.1, 0.15) is 16.2 Å². The second-order valence-electron chi connectivity index (χ2n) is 8.63. The maximum atomic E-state index is 13.0. The van der Waals surface area contributed by atoms with E-state index < -0.39 is 47.9 Å². The lowest BCUT2D eigenvalue weighted by molar-refractivity contribution is 0.102. The predicted octanol–water partition coefficient (Wildman–Crippen LogP) is 2.37. The molecule has 16 heteroatoms. The van der Waals surface area contributed by atoms with Crippen molar-refractivity contribution in [1.29, 1.82) is 0 Å². The number of primary sulfonamides is 2. The maximum absolute atomic E-state index is 13.0. The van der Waals surface area contributed by atoms with Gasteiger partial charge >= 0.3 is 0 Å². The lowest BCUT2D eigenvalue weighted by Crippen LogP contribution is -2.30. The van der Waals surface area contributed by atoms with Crippen LogP contribution >= 0.6 is 11.6 Å². The van der Waals surface area contributed by atoms with Crippen molar-refractivity contribution in [1.82, 2.24) is 9.55 Å². The highest BCUT2D eigenvalue weighted by molar-refractivity contribution is 7.89. The van der Waals surface area contributed by atoms with Crippen LogP contribution in [0.5, 0.6) is 5.75 Å². The van der Waals surface area contributed by atoms with Crippen LogP contribution in [0.2, 0.25) is 5.02 Å². The zero-order chi connectivity index (χ0) is 30.5. The molecule has 0 radical (unpaired) electrons. The zero-order valence-corrected chi connectivity index (χ0v) is 24.0. The minimum Gasteiger partial charge on any atom is -0.506 e. The molecular formula is C25H27ClN6O7S2. The number of sulfonamides is 2. The molecule has 2 aromatic carbocycles. The lowest BCUT2D eigenvalue weighted by Gasteiger charge is -2.15. The van der Waals surface area contributed by atoms with Gasteiger partial charge in [-0.3, -0.25) is 9.59 Å². The Kier molecular flexibility index (Phi) is 9.73. The Morgan fingerprint density at radius 1 is 1.05 bits per heavy atom. The molecule has 218 valence electrons. The van der Waals surface area contributed by atoms with Crippen molar-refractivity contribution in [2.24, 2.45) is 10.3 Å². The zero-order valence-electron chi connectivity index (χ0n) is 21.6. The summed E-state index contributed by atoms with van der Waals surface area (Å²) in [5, 5.41) is 23.1. The van der Waals surface area contributed by atoms with Gasteiger partial charge in [-0.25, -0.2) is 32.1 Å². The number of rotatable bonds is 7.